The number of nitrogens with one attached hydrogen (secondary N) is 2. The van der Waals surface area contributed by atoms with Crippen molar-refractivity contribution < 1.29 is 22.7 Å². The number of ether oxygens (including phenoxy) is 1. The van der Waals surface area contributed by atoms with E-state index in [0.29, 0.717) is 39.1 Å². The third kappa shape index (κ3) is 6.45. The number of carbonyl (C=O) groups is 1. The fraction of sp³-hybridized carbons (Fsp3) is 0.348. The minimum atomic E-state index is -4.42. The average Bonchev–Trinajstić information content (AvgIpc) is 3.18. The lowest BCUT2D eigenvalue weighted by atomic mass is 10.1. The fourth-order valence-electron chi connectivity index (χ4n) is 2.80. The number of amides is 1. The van der Waals surface area contributed by atoms with E-state index in [0.717, 1.165) is 23.5 Å². The number of aliphatic imine (C=N–C) groups is 1. The molecule has 0 fully saturated rings. The van der Waals surface area contributed by atoms with Crippen molar-refractivity contribution in [3.63, 3.8) is 0 Å². The number of benzene rings is 2. The number of methoxy groups -OCH3 is 1. The maximum Gasteiger partial charge on any atom is 0.416 e. The molecule has 3 rings (SSSR count). The van der Waals surface area contributed by atoms with Gasteiger partial charge in [-0.2, -0.15) is 13.2 Å². The number of carbonyl (C=O) groups excluding carboxylic acids is 1. The molecule has 7 nitrogen and oxygen atoms in total. The van der Waals surface area contributed by atoms with Crippen LogP contribution in [0.3, 0.4) is 0 Å². The molecule has 11 heteroatoms. The summed E-state index contributed by atoms with van der Waals surface area (Å²) in [4.78, 5) is 23.2. The molecule has 0 aliphatic rings. The van der Waals surface area contributed by atoms with Gasteiger partial charge in [0.1, 0.15) is 0 Å². The Bertz CT molecular complexity index is 1200. The van der Waals surface area contributed by atoms with Crippen molar-refractivity contribution in [3.8, 4) is 0 Å². The number of alkyl halides is 3. The number of hydrogen-bond donors (Lipinski definition) is 2. The molecule has 0 unspecified atom stereocenters. The molecule has 182 valence electrons. The van der Waals surface area contributed by atoms with Crippen LogP contribution in [0.4, 0.5) is 24.0 Å². The maximum absolute atomic E-state index is 13.0. The number of rotatable bonds is 6. The van der Waals surface area contributed by atoms with Gasteiger partial charge in [0.2, 0.25) is 5.96 Å². The van der Waals surface area contributed by atoms with E-state index in [1.807, 2.05) is 13.8 Å². The van der Waals surface area contributed by atoms with Gasteiger partial charge in [-0.1, -0.05) is 17.4 Å². The molecule has 0 spiro atoms. The number of nitrogens with zero attached hydrogens (tertiary/aromatic N) is 3. The predicted octanol–water partition coefficient (Wildman–Crippen LogP) is 5.13. The Morgan fingerprint density at radius 2 is 1.91 bits per heavy atom. The van der Waals surface area contributed by atoms with E-state index in [2.05, 4.69) is 20.6 Å². The zero-order valence-electron chi connectivity index (χ0n) is 19.4. The molecule has 0 radical (unpaired) electrons. The third-order valence-electron chi connectivity index (χ3n) is 4.93. The van der Waals surface area contributed by atoms with Crippen LogP contribution in [0.15, 0.2) is 47.5 Å². The first-order valence-corrected chi connectivity index (χ1v) is 11.1. The van der Waals surface area contributed by atoms with Gasteiger partial charge in [-0.05, 0) is 50.2 Å². The molecule has 0 bridgehead atoms. The number of thiazole rings is 1. The Morgan fingerprint density at radius 3 is 2.56 bits per heavy atom. The summed E-state index contributed by atoms with van der Waals surface area (Å²) < 4.78 is 44.7. The Morgan fingerprint density at radius 1 is 1.18 bits per heavy atom. The minimum absolute atomic E-state index is 0.256. The second-order valence-corrected chi connectivity index (χ2v) is 9.38. The van der Waals surface area contributed by atoms with Gasteiger partial charge in [-0.15, -0.1) is 0 Å². The summed E-state index contributed by atoms with van der Waals surface area (Å²) in [6.45, 7) is 4.08. The van der Waals surface area contributed by atoms with E-state index >= 15 is 0 Å². The van der Waals surface area contributed by atoms with Crippen LogP contribution in [0.5, 0.6) is 0 Å². The molecule has 34 heavy (non-hydrogen) atoms. The van der Waals surface area contributed by atoms with Crippen LogP contribution in [0.1, 0.15) is 29.8 Å². The molecule has 2 N–H and O–H groups in total. The molecule has 2 aromatic carbocycles. The lowest BCUT2D eigenvalue weighted by Gasteiger charge is -2.23. The van der Waals surface area contributed by atoms with Crippen LogP contribution in [-0.2, 0) is 10.9 Å². The van der Waals surface area contributed by atoms with Crippen molar-refractivity contribution in [1.82, 2.24) is 15.2 Å². The summed E-state index contributed by atoms with van der Waals surface area (Å²) >= 11 is 1.10. The molecular weight excluding hydrogens is 467 g/mol. The lowest BCUT2D eigenvalue weighted by molar-refractivity contribution is -0.137. The van der Waals surface area contributed by atoms with Crippen LogP contribution in [0, 0.1) is 0 Å². The summed E-state index contributed by atoms with van der Waals surface area (Å²) in [6, 6.07) is 10.2. The van der Waals surface area contributed by atoms with Crippen LogP contribution in [-0.4, -0.2) is 55.1 Å². The molecule has 1 amide bonds. The quantitative estimate of drug-likeness (QED) is 0.368. The van der Waals surface area contributed by atoms with Gasteiger partial charge in [0.05, 0.1) is 27.1 Å². The van der Waals surface area contributed by atoms with Crippen molar-refractivity contribution >= 4 is 44.2 Å². The molecule has 1 heterocycles. The Kier molecular flexibility index (Phi) is 7.47. The van der Waals surface area contributed by atoms with Crippen LogP contribution in [0.25, 0.3) is 10.2 Å². The van der Waals surface area contributed by atoms with E-state index in [-0.39, 0.29) is 5.91 Å². The van der Waals surface area contributed by atoms with E-state index in [1.54, 1.807) is 50.4 Å². The van der Waals surface area contributed by atoms with Gasteiger partial charge in [-0.3, -0.25) is 4.79 Å². The van der Waals surface area contributed by atoms with Gasteiger partial charge < -0.3 is 20.3 Å². The minimum Gasteiger partial charge on any atom is -0.377 e. The fourth-order valence-corrected chi connectivity index (χ4v) is 3.69. The highest BCUT2D eigenvalue weighted by Crippen LogP contribution is 2.34. The van der Waals surface area contributed by atoms with Gasteiger partial charge >= 0.3 is 6.18 Å². The van der Waals surface area contributed by atoms with Crippen molar-refractivity contribution in [2.75, 3.05) is 33.1 Å². The van der Waals surface area contributed by atoms with E-state index < -0.39 is 17.3 Å². The first-order valence-electron chi connectivity index (χ1n) is 10.3. The number of anilines is 1. The Balaban J connectivity index is 1.82. The second kappa shape index (κ2) is 9.98. The normalized spacial score (nSPS) is 12.6. The predicted molar refractivity (Wildman–Crippen MR) is 129 cm³/mol. The molecule has 0 aliphatic heterocycles. The largest absolute Gasteiger partial charge is 0.416 e. The zero-order chi connectivity index (χ0) is 25.1. The van der Waals surface area contributed by atoms with Gasteiger partial charge in [-0.25, -0.2) is 9.98 Å². The molecule has 3 aromatic rings. The number of hydrogen-bond acceptors (Lipinski definition) is 5. The number of halogens is 3. The molecule has 0 saturated heterocycles. The summed E-state index contributed by atoms with van der Waals surface area (Å²) in [5, 5.41) is 6.30. The smallest absolute Gasteiger partial charge is 0.377 e. The number of guanidine groups is 1. The van der Waals surface area contributed by atoms with Gasteiger partial charge in [0.25, 0.3) is 5.91 Å². The van der Waals surface area contributed by atoms with Gasteiger partial charge in [0.15, 0.2) is 5.13 Å². The molecule has 0 aliphatic carbocycles. The topological polar surface area (TPSA) is 78.8 Å². The summed E-state index contributed by atoms with van der Waals surface area (Å²) in [5.41, 5.74) is 0.198. The standard InChI is InChI=1S/C23H26F3N5O2S/c1-22(2,33-5)13-27-19(32)14-7-6-8-16(11-14)28-20(31(3)4)30-21-29-17-10-9-15(23(24,25)26)12-18(17)34-21/h6-12H,13H2,1-5H3,(H,27,32)(H,28,29,30). The van der Waals surface area contributed by atoms with Crippen molar-refractivity contribution in [1.29, 1.82) is 0 Å². The first-order chi connectivity index (χ1) is 15.9. The van der Waals surface area contributed by atoms with Crippen LogP contribution >= 0.6 is 11.3 Å². The third-order valence-corrected chi connectivity index (χ3v) is 5.86. The first kappa shape index (κ1) is 25.4. The zero-order valence-corrected chi connectivity index (χ0v) is 20.3. The monoisotopic (exact) mass is 493 g/mol. The highest BCUT2D eigenvalue weighted by molar-refractivity contribution is 7.22. The molecule has 0 atom stereocenters. The van der Waals surface area contributed by atoms with E-state index in [9.17, 15) is 18.0 Å². The summed E-state index contributed by atoms with van der Waals surface area (Å²) in [5.74, 6) is 0.154. The lowest BCUT2D eigenvalue weighted by Crippen LogP contribution is -2.39. The highest BCUT2D eigenvalue weighted by Gasteiger charge is 2.30. The van der Waals surface area contributed by atoms with Crippen molar-refractivity contribution in [2.24, 2.45) is 4.99 Å². The number of aromatic nitrogens is 1. The molecular formula is C23H26F3N5O2S. The van der Waals surface area contributed by atoms with Crippen LogP contribution < -0.4 is 10.6 Å². The summed E-state index contributed by atoms with van der Waals surface area (Å²) in [6.07, 6.45) is -4.42. The second-order valence-electron chi connectivity index (χ2n) is 8.35. The van der Waals surface area contributed by atoms with Crippen molar-refractivity contribution in [3.05, 3.63) is 53.6 Å². The Hall–Kier alpha value is -3.18. The van der Waals surface area contributed by atoms with Crippen molar-refractivity contribution in [2.45, 2.75) is 25.6 Å². The van der Waals surface area contributed by atoms with Gasteiger partial charge in [0, 0.05) is 33.3 Å². The van der Waals surface area contributed by atoms with E-state index in [4.69, 9.17) is 4.74 Å². The number of fused-ring (bicyclic) bond motifs is 1. The SMILES string of the molecule is COC(C)(C)CNC(=O)c1cccc(/N=C(/Nc2nc3ccc(C(F)(F)F)cc3s2)N(C)C)c1. The summed E-state index contributed by atoms with van der Waals surface area (Å²) in [7, 11) is 5.12. The van der Waals surface area contributed by atoms with Crippen LogP contribution in [0.2, 0.25) is 0 Å². The average molecular weight is 494 g/mol. The maximum atomic E-state index is 13.0. The molecule has 0 saturated carbocycles. The van der Waals surface area contributed by atoms with E-state index in [1.165, 1.54) is 6.07 Å². The molecule has 1 aromatic heterocycles. The Labute approximate surface area is 199 Å². The highest BCUT2D eigenvalue weighted by atomic mass is 32.1.